The summed E-state index contributed by atoms with van der Waals surface area (Å²) in [6, 6.07) is 7.29. The van der Waals surface area contributed by atoms with Crippen molar-refractivity contribution in [2.24, 2.45) is 7.05 Å². The predicted molar refractivity (Wildman–Crippen MR) is 282 cm³/mol. The van der Waals surface area contributed by atoms with Gasteiger partial charge in [0.15, 0.2) is 24.0 Å². The molecule has 0 saturated carbocycles. The normalized spacial score (nSPS) is 13.3. The monoisotopic (exact) mass is 1080 g/mol. The van der Waals surface area contributed by atoms with Gasteiger partial charge in [-0.15, -0.1) is 0 Å². The first-order valence-electron chi connectivity index (χ1n) is 25.2. The number of carbonyl (C=O) groups excluding carboxylic acids is 6. The molecule has 0 bridgehead atoms. The number of imidazole rings is 1. The average molecular weight is 1080 g/mol. The summed E-state index contributed by atoms with van der Waals surface area (Å²) >= 11 is 6.64. The van der Waals surface area contributed by atoms with Crippen molar-refractivity contribution >= 4 is 53.2 Å². The lowest BCUT2D eigenvalue weighted by atomic mass is 10.0. The van der Waals surface area contributed by atoms with Crippen molar-refractivity contribution in [3.63, 3.8) is 0 Å². The van der Waals surface area contributed by atoms with E-state index >= 15 is 8.78 Å². The highest BCUT2D eigenvalue weighted by atomic mass is 35.5. The quantitative estimate of drug-likeness (QED) is 0.0450. The summed E-state index contributed by atoms with van der Waals surface area (Å²) in [6.07, 6.45) is 1.95. The van der Waals surface area contributed by atoms with Crippen molar-refractivity contribution in [3.05, 3.63) is 76.5 Å². The fraction of sp³-hybridized carbons (Fsp3) is 0.547. The zero-order valence-electron chi connectivity index (χ0n) is 45.8. The number of alkyl carbamates (subject to hydrolysis) is 2. The van der Waals surface area contributed by atoms with Gasteiger partial charge in [0.1, 0.15) is 16.8 Å². The number of ether oxygens (including phenoxy) is 4. The number of anilines is 1. The van der Waals surface area contributed by atoms with E-state index in [1.165, 1.54) is 54.3 Å². The molecule has 23 heteroatoms. The maximum Gasteiger partial charge on any atom is 0.407 e. The second kappa shape index (κ2) is 25.5. The maximum atomic E-state index is 15.7. The molecular weight excluding hydrogens is 1010 g/mol. The Morgan fingerprint density at radius 3 is 1.88 bits per heavy atom. The van der Waals surface area contributed by atoms with Crippen molar-refractivity contribution in [2.45, 2.75) is 105 Å². The number of aromatic nitrogens is 4. The Hall–Kier alpha value is -6.65. The highest BCUT2D eigenvalue weighted by Gasteiger charge is 2.35. The van der Waals surface area contributed by atoms with Crippen LogP contribution in [-0.4, -0.2) is 165 Å². The molecule has 1 fully saturated rings. The van der Waals surface area contributed by atoms with Crippen LogP contribution in [0.3, 0.4) is 0 Å². The second-order valence-corrected chi connectivity index (χ2v) is 22.1. The maximum absolute atomic E-state index is 15.7. The van der Waals surface area contributed by atoms with E-state index in [2.05, 4.69) is 26.0 Å². The number of halogens is 3. The van der Waals surface area contributed by atoms with E-state index in [0.717, 1.165) is 0 Å². The first kappa shape index (κ1) is 60.2. The molecule has 1 aliphatic heterocycles. The van der Waals surface area contributed by atoms with Crippen LogP contribution in [0, 0.1) is 18.6 Å². The number of rotatable bonds is 20. The molecule has 4 aromatic rings. The van der Waals surface area contributed by atoms with Crippen LogP contribution in [-0.2, 0) is 42.1 Å². The van der Waals surface area contributed by atoms with Crippen molar-refractivity contribution in [3.8, 4) is 22.4 Å². The summed E-state index contributed by atoms with van der Waals surface area (Å²) in [7, 11) is 3.06. The number of amides is 5. The highest BCUT2D eigenvalue weighted by Crippen LogP contribution is 2.33. The Balaban J connectivity index is 1.19. The van der Waals surface area contributed by atoms with Crippen molar-refractivity contribution in [2.75, 3.05) is 84.5 Å². The van der Waals surface area contributed by atoms with Crippen molar-refractivity contribution < 1.29 is 61.0 Å². The molecule has 0 aliphatic carbocycles. The third-order valence-corrected chi connectivity index (χ3v) is 12.6. The average Bonchev–Trinajstić information content (AvgIpc) is 3.87. The minimum Gasteiger partial charge on any atom is -0.456 e. The number of quaternary nitrogens is 1. The molecule has 1 aliphatic rings. The van der Waals surface area contributed by atoms with Crippen LogP contribution in [0.1, 0.15) is 102 Å². The molecular formula is C53H74ClF2N10O10+. The molecule has 3 heterocycles. The number of hydrogen-bond acceptors (Lipinski definition) is 12. The SMILES string of the molecule is COCCn1ncc(-c2ccc(-c3cnc(C(=O)Nc4ccc(C(=O)N5CCN(C(=O)CCC[N+](CCNC(=O)OC(C)(C)C)(CCNC(=O)OC(C)(C)C)CC(=O)OC(C)(C)C)CC5)c(Cl)c4)n3C)c(F)c2F)c1C. The van der Waals surface area contributed by atoms with Crippen LogP contribution >= 0.6 is 11.6 Å². The van der Waals surface area contributed by atoms with Crippen LogP contribution < -0.4 is 16.0 Å². The predicted octanol–water partition coefficient (Wildman–Crippen LogP) is 7.36. The van der Waals surface area contributed by atoms with E-state index in [9.17, 15) is 28.8 Å². The summed E-state index contributed by atoms with van der Waals surface area (Å²) in [6.45, 7) is 20.3. The summed E-state index contributed by atoms with van der Waals surface area (Å²) < 4.78 is 56.0. The fourth-order valence-electron chi connectivity index (χ4n) is 8.59. The Morgan fingerprint density at radius 2 is 1.32 bits per heavy atom. The van der Waals surface area contributed by atoms with Crippen LogP contribution in [0.15, 0.2) is 42.7 Å². The lowest BCUT2D eigenvalue weighted by molar-refractivity contribution is -0.919. The van der Waals surface area contributed by atoms with E-state index in [1.54, 1.807) is 90.8 Å². The van der Waals surface area contributed by atoms with Gasteiger partial charge in [-0.2, -0.15) is 5.10 Å². The van der Waals surface area contributed by atoms with Gasteiger partial charge in [0.2, 0.25) is 5.91 Å². The molecule has 0 unspecified atom stereocenters. The third kappa shape index (κ3) is 16.9. The van der Waals surface area contributed by atoms with Crippen LogP contribution in [0.2, 0.25) is 5.02 Å². The largest absolute Gasteiger partial charge is 0.456 e. The van der Waals surface area contributed by atoms with Gasteiger partial charge < -0.3 is 53.7 Å². The standard InChI is InChI=1S/C53H73ClF2N10O10/c1-34-39(31-60-65(34)25-29-73-12)36-17-18-38(45(56)44(36)55)41-32-59-46(62(41)11)47(69)61-35-15-16-37(40(54)30-35)48(70)64-23-21-63(22-24-64)42(67)14-13-26-66(33-43(68)74-51(2,3)4,27-19-57-49(71)75-52(5,6)7)28-20-58-50(72)76-53(8,9)10/h15-18,30-32H,13-14,19-29,33H2,1-12H3,(H2-,57,58,61,69,70,71,72)/p+1. The number of nitrogens with zero attached hydrogens (tertiary/aromatic N) is 7. The summed E-state index contributed by atoms with van der Waals surface area (Å²) in [5.41, 5.74) is -0.654. The number of hydrogen-bond donors (Lipinski definition) is 3. The highest BCUT2D eigenvalue weighted by molar-refractivity contribution is 6.34. The zero-order chi connectivity index (χ0) is 56.3. The first-order chi connectivity index (χ1) is 35.5. The number of nitrogens with one attached hydrogen (secondary N) is 3. The fourth-order valence-corrected chi connectivity index (χ4v) is 8.85. The molecule has 0 radical (unpaired) electrons. The molecule has 5 amide bonds. The zero-order valence-corrected chi connectivity index (χ0v) is 46.5. The number of piperazine rings is 1. The number of carbonyl (C=O) groups is 6. The van der Waals surface area contributed by atoms with E-state index < -0.39 is 52.5 Å². The lowest BCUT2D eigenvalue weighted by Gasteiger charge is -2.39. The van der Waals surface area contributed by atoms with Gasteiger partial charge in [0.05, 0.1) is 74.5 Å². The van der Waals surface area contributed by atoms with Crippen LogP contribution in [0.5, 0.6) is 0 Å². The summed E-state index contributed by atoms with van der Waals surface area (Å²) in [4.78, 5) is 87.0. The lowest BCUT2D eigenvalue weighted by Crippen LogP contribution is -2.58. The number of esters is 1. The van der Waals surface area contributed by atoms with Gasteiger partial charge in [0.25, 0.3) is 11.8 Å². The Bertz CT molecular complexity index is 2700. The van der Waals surface area contributed by atoms with E-state index in [1.807, 2.05) is 0 Å². The minimum atomic E-state index is -1.12. The van der Waals surface area contributed by atoms with Gasteiger partial charge in [0, 0.05) is 81.2 Å². The van der Waals surface area contributed by atoms with Gasteiger partial charge in [-0.25, -0.2) is 28.1 Å². The Labute approximate surface area is 448 Å². The minimum absolute atomic E-state index is 0.0349. The van der Waals surface area contributed by atoms with E-state index in [4.69, 9.17) is 30.5 Å². The molecule has 3 N–H and O–H groups in total. The third-order valence-electron chi connectivity index (χ3n) is 12.2. The van der Waals surface area contributed by atoms with Crippen LogP contribution in [0.4, 0.5) is 24.1 Å². The van der Waals surface area contributed by atoms with Gasteiger partial charge >= 0.3 is 18.2 Å². The number of methoxy groups -OCH3 is 1. The molecule has 416 valence electrons. The molecule has 5 rings (SSSR count). The smallest absolute Gasteiger partial charge is 0.407 e. The molecule has 20 nitrogen and oxygen atoms in total. The Morgan fingerprint density at radius 1 is 0.750 bits per heavy atom. The Kier molecular flexibility index (Phi) is 20.2. The van der Waals surface area contributed by atoms with Gasteiger partial charge in [-0.05, 0) is 93.5 Å². The molecule has 76 heavy (non-hydrogen) atoms. The summed E-state index contributed by atoms with van der Waals surface area (Å²) in [5.74, 6) is -3.97. The van der Waals surface area contributed by atoms with Gasteiger partial charge in [-0.3, -0.25) is 19.1 Å². The topological polar surface area (TPSA) is 218 Å². The molecule has 2 aromatic carbocycles. The van der Waals surface area contributed by atoms with Crippen molar-refractivity contribution in [1.82, 2.24) is 39.8 Å². The molecule has 0 spiro atoms. The van der Waals surface area contributed by atoms with Gasteiger partial charge in [-0.1, -0.05) is 17.7 Å². The van der Waals surface area contributed by atoms with Crippen molar-refractivity contribution in [1.29, 1.82) is 0 Å². The number of benzene rings is 2. The molecule has 2 aromatic heterocycles. The second-order valence-electron chi connectivity index (χ2n) is 21.7. The molecule has 0 atom stereocenters. The molecule has 1 saturated heterocycles. The van der Waals surface area contributed by atoms with Crippen LogP contribution in [0.25, 0.3) is 22.4 Å². The van der Waals surface area contributed by atoms with E-state index in [-0.39, 0.29) is 121 Å². The summed E-state index contributed by atoms with van der Waals surface area (Å²) in [5, 5.41) is 12.6. The first-order valence-corrected chi connectivity index (χ1v) is 25.6. The van der Waals surface area contributed by atoms with E-state index in [0.29, 0.717) is 37.4 Å².